The molecule has 0 unspecified atom stereocenters. The van der Waals surface area contributed by atoms with Crippen LogP contribution in [0.4, 0.5) is 0 Å². The fourth-order valence-corrected chi connectivity index (χ4v) is 3.32. The summed E-state index contributed by atoms with van der Waals surface area (Å²) in [6.07, 6.45) is 6.57. The molecule has 1 aliphatic carbocycles. The zero-order valence-electron chi connectivity index (χ0n) is 12.8. The van der Waals surface area contributed by atoms with E-state index in [1.807, 2.05) is 0 Å². The quantitative estimate of drug-likeness (QED) is 0.821. The largest absolute Gasteiger partial charge is 0.386 e. The molecule has 116 valence electrons. The highest BCUT2D eigenvalue weighted by Crippen LogP contribution is 2.23. The zero-order valence-corrected chi connectivity index (χ0v) is 12.8. The first-order chi connectivity index (χ1) is 10.7. The third kappa shape index (κ3) is 2.91. The zero-order chi connectivity index (χ0) is 15.5. The van der Waals surface area contributed by atoms with E-state index in [-0.39, 0.29) is 11.8 Å². The molecule has 0 radical (unpaired) electrons. The number of hydrogen-bond acceptors (Lipinski definition) is 3. The number of rotatable bonds is 6. The fraction of sp³-hybridized carbons (Fsp3) is 0.444. The van der Waals surface area contributed by atoms with Gasteiger partial charge in [-0.3, -0.25) is 14.5 Å². The van der Waals surface area contributed by atoms with Gasteiger partial charge in [0.05, 0.1) is 11.1 Å². The molecule has 0 aromatic heterocycles. The Hall–Kier alpha value is -2.10. The summed E-state index contributed by atoms with van der Waals surface area (Å²) in [7, 11) is 0. The predicted octanol–water partition coefficient (Wildman–Crippen LogP) is 3.11. The van der Waals surface area contributed by atoms with Gasteiger partial charge in [-0.25, -0.2) is 0 Å². The normalized spacial score (nSPS) is 17.9. The van der Waals surface area contributed by atoms with Crippen LogP contribution >= 0.6 is 0 Å². The molecule has 1 aromatic carbocycles. The first-order valence-electron chi connectivity index (χ1n) is 8.06. The van der Waals surface area contributed by atoms with Crippen molar-refractivity contribution in [3.63, 3.8) is 0 Å². The summed E-state index contributed by atoms with van der Waals surface area (Å²) in [6, 6.07) is 7.58. The molecule has 0 saturated heterocycles. The second-order valence-corrected chi connectivity index (χ2v) is 6.14. The van der Waals surface area contributed by atoms with Crippen LogP contribution in [0.2, 0.25) is 0 Å². The van der Waals surface area contributed by atoms with Crippen LogP contribution in [-0.4, -0.2) is 29.3 Å². The van der Waals surface area contributed by atoms with Gasteiger partial charge in [-0.2, -0.15) is 0 Å². The molecule has 1 heterocycles. The van der Waals surface area contributed by atoms with E-state index in [0.29, 0.717) is 23.7 Å². The number of carbonyl (C=O) groups is 2. The summed E-state index contributed by atoms with van der Waals surface area (Å²) < 4.78 is 0. The first-order valence-corrected chi connectivity index (χ1v) is 8.06. The fourth-order valence-electron chi connectivity index (χ4n) is 3.32. The maximum atomic E-state index is 12.2. The number of carbonyl (C=O) groups excluding carboxylic acids is 2. The second kappa shape index (κ2) is 6.34. The SMILES string of the molecule is C=C(CCCN1C(=O)c2ccccc2C1=O)NC1CCCC1. The van der Waals surface area contributed by atoms with Crippen LogP contribution in [-0.2, 0) is 0 Å². The average molecular weight is 298 g/mol. The minimum absolute atomic E-state index is 0.171. The minimum Gasteiger partial charge on any atom is -0.386 e. The van der Waals surface area contributed by atoms with Crippen molar-refractivity contribution in [1.82, 2.24) is 10.2 Å². The van der Waals surface area contributed by atoms with E-state index >= 15 is 0 Å². The van der Waals surface area contributed by atoms with E-state index in [4.69, 9.17) is 0 Å². The van der Waals surface area contributed by atoms with Gasteiger partial charge in [0.1, 0.15) is 0 Å². The molecular formula is C18H22N2O2. The number of allylic oxidation sites excluding steroid dienone is 1. The Balaban J connectivity index is 1.49. The monoisotopic (exact) mass is 298 g/mol. The van der Waals surface area contributed by atoms with Crippen LogP contribution in [0.1, 0.15) is 59.2 Å². The van der Waals surface area contributed by atoms with Crippen LogP contribution in [0.25, 0.3) is 0 Å². The molecule has 0 spiro atoms. The molecule has 1 aromatic rings. The topological polar surface area (TPSA) is 49.4 Å². The molecule has 1 aliphatic heterocycles. The number of amides is 2. The van der Waals surface area contributed by atoms with Gasteiger partial charge >= 0.3 is 0 Å². The summed E-state index contributed by atoms with van der Waals surface area (Å²) >= 11 is 0. The van der Waals surface area contributed by atoms with Crippen LogP contribution < -0.4 is 5.32 Å². The van der Waals surface area contributed by atoms with Gasteiger partial charge in [-0.05, 0) is 37.8 Å². The van der Waals surface area contributed by atoms with Crippen LogP contribution in [0.15, 0.2) is 36.5 Å². The van der Waals surface area contributed by atoms with Crippen molar-refractivity contribution < 1.29 is 9.59 Å². The lowest BCUT2D eigenvalue weighted by Crippen LogP contribution is -2.31. The number of imide groups is 1. The Bertz CT molecular complexity index is 568. The van der Waals surface area contributed by atoms with Crippen molar-refractivity contribution in [1.29, 1.82) is 0 Å². The second-order valence-electron chi connectivity index (χ2n) is 6.14. The Morgan fingerprint density at radius 3 is 2.32 bits per heavy atom. The Kier molecular flexibility index (Phi) is 4.27. The molecule has 1 fully saturated rings. The highest BCUT2D eigenvalue weighted by Gasteiger charge is 2.34. The van der Waals surface area contributed by atoms with E-state index in [0.717, 1.165) is 18.5 Å². The van der Waals surface area contributed by atoms with Crippen LogP contribution in [0, 0.1) is 0 Å². The van der Waals surface area contributed by atoms with Crippen molar-refractivity contribution in [3.05, 3.63) is 47.7 Å². The molecule has 1 saturated carbocycles. The van der Waals surface area contributed by atoms with Crippen LogP contribution in [0.5, 0.6) is 0 Å². The molecule has 2 aliphatic rings. The Morgan fingerprint density at radius 2 is 1.73 bits per heavy atom. The van der Waals surface area contributed by atoms with Gasteiger partial charge < -0.3 is 5.32 Å². The maximum absolute atomic E-state index is 12.2. The Labute approximate surface area is 131 Å². The average Bonchev–Trinajstić information content (AvgIpc) is 3.10. The third-order valence-electron chi connectivity index (χ3n) is 4.50. The lowest BCUT2D eigenvalue weighted by atomic mass is 10.1. The summed E-state index contributed by atoms with van der Waals surface area (Å²) in [5.74, 6) is -0.343. The van der Waals surface area contributed by atoms with Gasteiger partial charge in [0, 0.05) is 18.3 Å². The van der Waals surface area contributed by atoms with Crippen molar-refractivity contribution in [2.24, 2.45) is 0 Å². The van der Waals surface area contributed by atoms with Crippen molar-refractivity contribution in [2.45, 2.75) is 44.6 Å². The molecule has 4 nitrogen and oxygen atoms in total. The van der Waals surface area contributed by atoms with E-state index in [1.165, 1.54) is 30.6 Å². The molecule has 2 amide bonds. The maximum Gasteiger partial charge on any atom is 0.261 e. The lowest BCUT2D eigenvalue weighted by Gasteiger charge is -2.17. The smallest absolute Gasteiger partial charge is 0.261 e. The standard InChI is InChI=1S/C18H22N2O2/c1-13(19-14-8-2-3-9-14)7-6-12-20-17(21)15-10-4-5-11-16(15)18(20)22/h4-5,10-11,14,19H,1-3,6-9,12H2. The molecular weight excluding hydrogens is 276 g/mol. The Morgan fingerprint density at radius 1 is 1.14 bits per heavy atom. The van der Waals surface area contributed by atoms with E-state index in [2.05, 4.69) is 11.9 Å². The van der Waals surface area contributed by atoms with Gasteiger partial charge in [0.2, 0.25) is 0 Å². The van der Waals surface area contributed by atoms with Crippen molar-refractivity contribution in [3.8, 4) is 0 Å². The number of fused-ring (bicyclic) bond motifs is 1. The summed E-state index contributed by atoms with van der Waals surface area (Å²) in [4.78, 5) is 25.8. The minimum atomic E-state index is -0.171. The summed E-state index contributed by atoms with van der Waals surface area (Å²) in [5, 5.41) is 3.46. The highest BCUT2D eigenvalue weighted by atomic mass is 16.2. The lowest BCUT2D eigenvalue weighted by molar-refractivity contribution is 0.0652. The molecule has 0 atom stereocenters. The molecule has 22 heavy (non-hydrogen) atoms. The molecule has 4 heteroatoms. The van der Waals surface area contributed by atoms with Crippen molar-refractivity contribution >= 4 is 11.8 Å². The molecule has 0 bridgehead atoms. The summed E-state index contributed by atoms with van der Waals surface area (Å²) in [6.45, 7) is 4.52. The molecule has 3 rings (SSSR count). The van der Waals surface area contributed by atoms with E-state index in [1.54, 1.807) is 24.3 Å². The van der Waals surface area contributed by atoms with Gasteiger partial charge in [-0.1, -0.05) is 31.6 Å². The number of benzene rings is 1. The predicted molar refractivity (Wildman–Crippen MR) is 85.6 cm³/mol. The van der Waals surface area contributed by atoms with E-state index in [9.17, 15) is 9.59 Å². The third-order valence-corrected chi connectivity index (χ3v) is 4.50. The van der Waals surface area contributed by atoms with Gasteiger partial charge in [0.25, 0.3) is 11.8 Å². The van der Waals surface area contributed by atoms with Crippen molar-refractivity contribution in [2.75, 3.05) is 6.54 Å². The number of nitrogens with zero attached hydrogens (tertiary/aromatic N) is 1. The first kappa shape index (κ1) is 14.8. The number of hydrogen-bond donors (Lipinski definition) is 1. The van der Waals surface area contributed by atoms with Gasteiger partial charge in [0.15, 0.2) is 0 Å². The highest BCUT2D eigenvalue weighted by molar-refractivity contribution is 6.21. The van der Waals surface area contributed by atoms with E-state index < -0.39 is 0 Å². The molecule has 1 N–H and O–H groups in total. The van der Waals surface area contributed by atoms with Crippen LogP contribution in [0.3, 0.4) is 0 Å². The van der Waals surface area contributed by atoms with Gasteiger partial charge in [-0.15, -0.1) is 0 Å². The summed E-state index contributed by atoms with van der Waals surface area (Å²) in [5.41, 5.74) is 2.06. The number of nitrogens with one attached hydrogen (secondary N) is 1.